The van der Waals surface area contributed by atoms with Gasteiger partial charge in [0.25, 0.3) is 0 Å². The molecule has 2 aromatic carbocycles. The van der Waals surface area contributed by atoms with E-state index < -0.39 is 0 Å². The second-order valence-corrected chi connectivity index (χ2v) is 6.56. The van der Waals surface area contributed by atoms with Crippen LogP contribution in [0.5, 0.6) is 0 Å². The third-order valence-electron chi connectivity index (χ3n) is 3.90. The van der Waals surface area contributed by atoms with Crippen molar-refractivity contribution in [1.29, 1.82) is 0 Å². The second kappa shape index (κ2) is 6.13. The number of para-hydroxylation sites is 1. The first-order valence-corrected chi connectivity index (χ1v) is 8.58. The molecule has 0 radical (unpaired) electrons. The highest BCUT2D eigenvalue weighted by Gasteiger charge is 2.28. The van der Waals surface area contributed by atoms with Gasteiger partial charge in [0.2, 0.25) is 5.91 Å². The van der Waals surface area contributed by atoms with Crippen molar-refractivity contribution in [2.24, 2.45) is 0 Å². The Balaban J connectivity index is 1.86. The van der Waals surface area contributed by atoms with Crippen molar-refractivity contribution in [1.82, 2.24) is 9.78 Å². The lowest BCUT2D eigenvalue weighted by atomic mass is 10.1. The minimum absolute atomic E-state index is 0.0272. The fourth-order valence-electron chi connectivity index (χ4n) is 2.80. The number of amides is 1. The molecule has 0 saturated heterocycles. The molecule has 0 spiro atoms. The number of nitrogens with zero attached hydrogens (tertiary/aromatic N) is 2. The summed E-state index contributed by atoms with van der Waals surface area (Å²) < 4.78 is 15.6. The van der Waals surface area contributed by atoms with Gasteiger partial charge in [-0.25, -0.2) is 9.07 Å². The van der Waals surface area contributed by atoms with Gasteiger partial charge in [-0.3, -0.25) is 4.79 Å². The first-order valence-electron chi connectivity index (χ1n) is 7.53. The number of aromatic nitrogens is 2. The molecule has 6 heteroatoms. The lowest BCUT2D eigenvalue weighted by Crippen LogP contribution is -2.16. The maximum absolute atomic E-state index is 14.2. The average Bonchev–Trinajstić information content (AvgIpc) is 2.92. The minimum atomic E-state index is -0.384. The van der Waals surface area contributed by atoms with Gasteiger partial charge in [0.1, 0.15) is 17.3 Å². The monoisotopic (exact) mass is 339 g/mol. The molecule has 2 heterocycles. The van der Waals surface area contributed by atoms with E-state index in [-0.39, 0.29) is 17.0 Å². The maximum atomic E-state index is 14.2. The SMILES string of the molecule is O=C1CS[C@H](c2ccccc2)c2cnn(-c3ccccc3F)c2N1. The lowest BCUT2D eigenvalue weighted by Gasteiger charge is -2.14. The largest absolute Gasteiger partial charge is 0.310 e. The molecule has 4 nitrogen and oxygen atoms in total. The quantitative estimate of drug-likeness (QED) is 0.773. The highest BCUT2D eigenvalue weighted by Crippen LogP contribution is 2.41. The van der Waals surface area contributed by atoms with E-state index >= 15 is 0 Å². The first-order chi connectivity index (χ1) is 11.7. The number of carbonyl (C=O) groups excluding carboxylic acids is 1. The number of fused-ring (bicyclic) bond motifs is 1. The number of hydrogen-bond acceptors (Lipinski definition) is 3. The third kappa shape index (κ3) is 2.59. The van der Waals surface area contributed by atoms with Gasteiger partial charge < -0.3 is 5.32 Å². The van der Waals surface area contributed by atoms with E-state index in [2.05, 4.69) is 10.4 Å². The summed E-state index contributed by atoms with van der Waals surface area (Å²) in [6.07, 6.45) is 1.71. The van der Waals surface area contributed by atoms with Crippen molar-refractivity contribution in [3.63, 3.8) is 0 Å². The molecule has 24 heavy (non-hydrogen) atoms. The van der Waals surface area contributed by atoms with Crippen LogP contribution in [0.15, 0.2) is 60.8 Å². The van der Waals surface area contributed by atoms with Crippen molar-refractivity contribution >= 4 is 23.5 Å². The summed E-state index contributed by atoms with van der Waals surface area (Å²) >= 11 is 1.54. The number of rotatable bonds is 2. The maximum Gasteiger partial charge on any atom is 0.235 e. The Morgan fingerprint density at radius 2 is 1.88 bits per heavy atom. The van der Waals surface area contributed by atoms with Gasteiger partial charge in [-0.1, -0.05) is 42.5 Å². The summed E-state index contributed by atoms with van der Waals surface area (Å²) in [7, 11) is 0. The van der Waals surface area contributed by atoms with Crippen molar-refractivity contribution < 1.29 is 9.18 Å². The Morgan fingerprint density at radius 3 is 2.67 bits per heavy atom. The van der Waals surface area contributed by atoms with Gasteiger partial charge in [0.15, 0.2) is 0 Å². The zero-order valence-electron chi connectivity index (χ0n) is 12.6. The van der Waals surface area contributed by atoms with Crippen LogP contribution in [0.2, 0.25) is 0 Å². The molecular weight excluding hydrogens is 325 g/mol. The van der Waals surface area contributed by atoms with Gasteiger partial charge in [0, 0.05) is 5.56 Å². The Morgan fingerprint density at radius 1 is 1.12 bits per heavy atom. The van der Waals surface area contributed by atoms with E-state index in [4.69, 9.17) is 0 Å². The third-order valence-corrected chi connectivity index (χ3v) is 5.19. The number of anilines is 1. The summed E-state index contributed by atoms with van der Waals surface area (Å²) in [5.41, 5.74) is 2.28. The standard InChI is InChI=1S/C18H14FN3OS/c19-14-8-4-5-9-15(14)22-18-13(10-20-22)17(24-11-16(23)21-18)12-6-2-1-3-7-12/h1-10,17H,11H2,(H,21,23)/t17-/m1/s1. The zero-order valence-corrected chi connectivity index (χ0v) is 13.5. The van der Waals surface area contributed by atoms with Crippen LogP contribution < -0.4 is 5.32 Å². The predicted octanol–water partition coefficient (Wildman–Crippen LogP) is 3.79. The smallest absolute Gasteiger partial charge is 0.235 e. The number of nitrogens with one attached hydrogen (secondary N) is 1. The van der Waals surface area contributed by atoms with Crippen LogP contribution in [-0.4, -0.2) is 21.4 Å². The van der Waals surface area contributed by atoms with Gasteiger partial charge in [-0.2, -0.15) is 5.10 Å². The van der Waals surface area contributed by atoms with Crippen LogP contribution in [-0.2, 0) is 4.79 Å². The topological polar surface area (TPSA) is 46.9 Å². The summed E-state index contributed by atoms with van der Waals surface area (Å²) in [5.74, 6) is 0.374. The number of thioether (sulfide) groups is 1. The fraction of sp³-hybridized carbons (Fsp3) is 0.111. The molecule has 1 aliphatic rings. The van der Waals surface area contributed by atoms with Crippen LogP contribution in [0, 0.1) is 5.82 Å². The van der Waals surface area contributed by atoms with Gasteiger partial charge in [-0.05, 0) is 17.7 Å². The zero-order chi connectivity index (χ0) is 16.5. The van der Waals surface area contributed by atoms with Crippen molar-refractivity contribution in [2.75, 3.05) is 11.1 Å². The second-order valence-electron chi connectivity index (χ2n) is 5.46. The molecular formula is C18H14FN3OS. The van der Waals surface area contributed by atoms with E-state index in [1.165, 1.54) is 10.7 Å². The van der Waals surface area contributed by atoms with Crippen LogP contribution in [0.4, 0.5) is 10.2 Å². The first kappa shape index (κ1) is 15.0. The molecule has 0 saturated carbocycles. The Labute approximate surface area is 142 Å². The van der Waals surface area contributed by atoms with Gasteiger partial charge in [-0.15, -0.1) is 11.8 Å². The molecule has 0 fully saturated rings. The van der Waals surface area contributed by atoms with Crippen LogP contribution in [0.1, 0.15) is 16.4 Å². The van der Waals surface area contributed by atoms with Crippen molar-refractivity contribution in [3.8, 4) is 5.69 Å². The summed E-state index contributed by atoms with van der Waals surface area (Å²) in [4.78, 5) is 12.1. The summed E-state index contributed by atoms with van der Waals surface area (Å²) in [5, 5.41) is 7.17. The molecule has 1 amide bonds. The number of carbonyl (C=O) groups is 1. The van der Waals surface area contributed by atoms with Crippen LogP contribution in [0.3, 0.4) is 0 Å². The molecule has 1 N–H and O–H groups in total. The molecule has 1 atom stereocenters. The number of hydrogen-bond donors (Lipinski definition) is 1. The van der Waals surface area contributed by atoms with Gasteiger partial charge in [0.05, 0.1) is 17.2 Å². The van der Waals surface area contributed by atoms with E-state index in [0.29, 0.717) is 17.3 Å². The number of halogens is 1. The molecule has 1 aliphatic heterocycles. The molecule has 0 unspecified atom stereocenters. The highest BCUT2D eigenvalue weighted by atomic mass is 32.2. The fourth-order valence-corrected chi connectivity index (χ4v) is 3.90. The Bertz CT molecular complexity index is 894. The number of benzene rings is 2. The van der Waals surface area contributed by atoms with E-state index in [1.54, 1.807) is 36.2 Å². The average molecular weight is 339 g/mol. The summed E-state index contributed by atoms with van der Waals surface area (Å²) in [6, 6.07) is 16.3. The normalized spacial score (nSPS) is 17.0. The van der Waals surface area contributed by atoms with Crippen LogP contribution >= 0.6 is 11.8 Å². The highest BCUT2D eigenvalue weighted by molar-refractivity contribution is 8.00. The van der Waals surface area contributed by atoms with Crippen LogP contribution in [0.25, 0.3) is 5.69 Å². The lowest BCUT2D eigenvalue weighted by molar-refractivity contribution is -0.113. The molecule has 0 aliphatic carbocycles. The van der Waals surface area contributed by atoms with E-state index in [9.17, 15) is 9.18 Å². The molecule has 120 valence electrons. The Kier molecular flexibility index (Phi) is 3.82. The molecule has 1 aromatic heterocycles. The molecule has 3 aromatic rings. The minimum Gasteiger partial charge on any atom is -0.310 e. The van der Waals surface area contributed by atoms with E-state index in [0.717, 1.165) is 11.1 Å². The Hall–Kier alpha value is -2.60. The summed E-state index contributed by atoms with van der Waals surface area (Å²) in [6.45, 7) is 0. The van der Waals surface area contributed by atoms with E-state index in [1.807, 2.05) is 30.3 Å². The molecule has 0 bridgehead atoms. The predicted molar refractivity (Wildman–Crippen MR) is 92.9 cm³/mol. The van der Waals surface area contributed by atoms with Crippen molar-refractivity contribution in [3.05, 3.63) is 77.7 Å². The van der Waals surface area contributed by atoms with Crippen molar-refractivity contribution in [2.45, 2.75) is 5.25 Å². The molecule has 4 rings (SSSR count). The van der Waals surface area contributed by atoms with Gasteiger partial charge >= 0.3 is 0 Å².